The van der Waals surface area contributed by atoms with Gasteiger partial charge in [0.1, 0.15) is 12.2 Å². The molecule has 1 unspecified atom stereocenters. The number of nitrogens with one attached hydrogen (secondary N) is 2. The van der Waals surface area contributed by atoms with Crippen molar-refractivity contribution in [2.75, 3.05) is 11.5 Å². The highest BCUT2D eigenvalue weighted by molar-refractivity contribution is 7.92. The molecular formula is C9H16F3N5OS. The number of aromatic amines is 1. The first kappa shape index (κ1) is 15.9. The summed E-state index contributed by atoms with van der Waals surface area (Å²) >= 11 is 0. The fourth-order valence-electron chi connectivity index (χ4n) is 1.46. The second kappa shape index (κ2) is 6.33. The topological polar surface area (TPSA) is 109 Å². The van der Waals surface area contributed by atoms with E-state index in [-0.39, 0.29) is 24.3 Å². The Balaban J connectivity index is 2.35. The van der Waals surface area contributed by atoms with Crippen LogP contribution in [0.2, 0.25) is 0 Å². The van der Waals surface area contributed by atoms with Crippen molar-refractivity contribution in [3.05, 3.63) is 12.2 Å². The fourth-order valence-corrected chi connectivity index (χ4v) is 2.90. The van der Waals surface area contributed by atoms with Gasteiger partial charge in [-0.2, -0.15) is 18.3 Å². The van der Waals surface area contributed by atoms with E-state index in [9.17, 15) is 17.4 Å². The van der Waals surface area contributed by atoms with E-state index in [4.69, 9.17) is 10.5 Å². The van der Waals surface area contributed by atoms with Crippen LogP contribution in [-0.2, 0) is 9.73 Å². The van der Waals surface area contributed by atoms with Crippen LogP contribution in [-0.4, -0.2) is 37.1 Å². The second-order valence-corrected chi connectivity index (χ2v) is 6.64. The van der Waals surface area contributed by atoms with E-state index in [1.807, 2.05) is 0 Å². The molecule has 1 rings (SSSR count). The average Bonchev–Trinajstić information content (AvgIpc) is 2.77. The van der Waals surface area contributed by atoms with Gasteiger partial charge in [-0.25, -0.2) is 9.19 Å². The minimum atomic E-state index is -4.27. The lowest BCUT2D eigenvalue weighted by Crippen LogP contribution is -2.19. The lowest BCUT2D eigenvalue weighted by Gasteiger charge is -2.11. The first-order valence-corrected chi connectivity index (χ1v) is 7.51. The van der Waals surface area contributed by atoms with Crippen LogP contribution < -0.4 is 5.73 Å². The molecule has 6 nitrogen and oxygen atoms in total. The Morgan fingerprint density at radius 2 is 2.16 bits per heavy atom. The fraction of sp³-hybridized carbons (Fsp3) is 0.778. The number of nitrogens with zero attached hydrogens (tertiary/aromatic N) is 2. The van der Waals surface area contributed by atoms with Gasteiger partial charge in [0.2, 0.25) is 0 Å². The Labute approximate surface area is 109 Å². The smallest absolute Gasteiger partial charge is 0.321 e. The van der Waals surface area contributed by atoms with E-state index in [1.165, 1.54) is 6.33 Å². The molecule has 0 aliphatic carbocycles. The first-order valence-electron chi connectivity index (χ1n) is 5.61. The molecule has 0 aromatic carbocycles. The van der Waals surface area contributed by atoms with Gasteiger partial charge < -0.3 is 5.73 Å². The highest BCUT2D eigenvalue weighted by atomic mass is 32.2. The van der Waals surface area contributed by atoms with Crippen LogP contribution in [0.5, 0.6) is 0 Å². The highest BCUT2D eigenvalue weighted by Crippen LogP contribution is 2.22. The Hall–Kier alpha value is -1.16. The maximum Gasteiger partial charge on any atom is 0.389 e. The monoisotopic (exact) mass is 299 g/mol. The Kier molecular flexibility index (Phi) is 5.29. The predicted octanol–water partition coefficient (Wildman–Crippen LogP) is 1.58. The summed E-state index contributed by atoms with van der Waals surface area (Å²) in [5.41, 5.74) is 5.72. The molecule has 0 saturated carbocycles. The van der Waals surface area contributed by atoms with Crippen LogP contribution in [0.15, 0.2) is 6.33 Å². The van der Waals surface area contributed by atoms with E-state index in [1.54, 1.807) is 0 Å². The van der Waals surface area contributed by atoms with Gasteiger partial charge >= 0.3 is 6.18 Å². The molecule has 2 atom stereocenters. The number of hydrogen-bond donors (Lipinski definition) is 3. The van der Waals surface area contributed by atoms with Crippen molar-refractivity contribution in [1.29, 1.82) is 4.78 Å². The Morgan fingerprint density at radius 1 is 1.47 bits per heavy atom. The molecule has 1 aromatic rings. The number of aromatic nitrogens is 3. The van der Waals surface area contributed by atoms with Gasteiger partial charge in [-0.15, -0.1) is 0 Å². The summed E-state index contributed by atoms with van der Waals surface area (Å²) in [6, 6.07) is -0.545. The molecule has 0 amide bonds. The summed E-state index contributed by atoms with van der Waals surface area (Å²) in [6.45, 7) is 0. The van der Waals surface area contributed by atoms with E-state index in [0.29, 0.717) is 5.82 Å². The second-order valence-electron chi connectivity index (χ2n) is 4.20. The Morgan fingerprint density at radius 3 is 2.68 bits per heavy atom. The maximum absolute atomic E-state index is 11.9. The molecule has 0 radical (unpaired) electrons. The zero-order chi connectivity index (χ0) is 14.5. The van der Waals surface area contributed by atoms with Crippen molar-refractivity contribution in [3.8, 4) is 0 Å². The van der Waals surface area contributed by atoms with Crippen molar-refractivity contribution in [2.45, 2.75) is 31.5 Å². The number of halogens is 3. The lowest BCUT2D eigenvalue weighted by atomic mass is 10.2. The number of hydrogen-bond acceptors (Lipinski definition) is 5. The summed E-state index contributed by atoms with van der Waals surface area (Å²) in [5, 5.41) is 6.15. The third kappa shape index (κ3) is 6.53. The van der Waals surface area contributed by atoms with Gasteiger partial charge in [0, 0.05) is 27.7 Å². The van der Waals surface area contributed by atoms with E-state index < -0.39 is 28.4 Å². The molecule has 0 aliphatic heterocycles. The minimum absolute atomic E-state index is 0.0489. The van der Waals surface area contributed by atoms with Crippen molar-refractivity contribution in [3.63, 3.8) is 0 Å². The van der Waals surface area contributed by atoms with E-state index in [2.05, 4.69) is 15.2 Å². The number of nitrogens with two attached hydrogens (primary N) is 1. The summed E-state index contributed by atoms with van der Waals surface area (Å²) in [6.07, 6.45) is -4.10. The van der Waals surface area contributed by atoms with Crippen molar-refractivity contribution in [2.24, 2.45) is 5.73 Å². The van der Waals surface area contributed by atoms with Gasteiger partial charge in [-0.1, -0.05) is 0 Å². The summed E-state index contributed by atoms with van der Waals surface area (Å²) in [4.78, 5) is 3.82. The number of H-pyrrole nitrogens is 1. The van der Waals surface area contributed by atoms with Crippen LogP contribution in [0.1, 0.15) is 31.1 Å². The van der Waals surface area contributed by atoms with Crippen LogP contribution in [0.3, 0.4) is 0 Å². The maximum atomic E-state index is 11.9. The molecular weight excluding hydrogens is 283 g/mol. The van der Waals surface area contributed by atoms with Gasteiger partial charge in [0.15, 0.2) is 0 Å². The lowest BCUT2D eigenvalue weighted by molar-refractivity contribution is -0.134. The third-order valence-corrected chi connectivity index (χ3v) is 4.32. The first-order chi connectivity index (χ1) is 8.70. The predicted molar refractivity (Wildman–Crippen MR) is 63.8 cm³/mol. The third-order valence-electron chi connectivity index (χ3n) is 2.48. The molecule has 1 aromatic heterocycles. The molecule has 0 spiro atoms. The molecule has 0 saturated heterocycles. The Bertz CT molecular complexity index is 471. The van der Waals surface area contributed by atoms with Crippen molar-refractivity contribution >= 4 is 9.73 Å². The van der Waals surface area contributed by atoms with Crippen LogP contribution in [0, 0.1) is 4.78 Å². The zero-order valence-corrected chi connectivity index (χ0v) is 10.9. The normalized spacial score (nSPS) is 17.1. The molecule has 0 fully saturated rings. The molecule has 0 bridgehead atoms. The minimum Gasteiger partial charge on any atom is -0.321 e. The van der Waals surface area contributed by atoms with Gasteiger partial charge in [0.25, 0.3) is 0 Å². The molecule has 19 heavy (non-hydrogen) atoms. The van der Waals surface area contributed by atoms with Crippen molar-refractivity contribution < 1.29 is 17.4 Å². The molecule has 1 heterocycles. The highest BCUT2D eigenvalue weighted by Gasteiger charge is 2.27. The molecule has 4 N–H and O–H groups in total. The van der Waals surface area contributed by atoms with Gasteiger partial charge in [-0.3, -0.25) is 9.88 Å². The zero-order valence-electron chi connectivity index (χ0n) is 10.1. The standard InChI is InChI=1S/C9H16F3N5OS/c10-9(11,12)3-1-4-19(14,18)5-2-7(13)8-15-6-16-17-8/h6-7,14H,1-5,13H2,(H,15,16,17)/t7-,19?/m0/s1. The van der Waals surface area contributed by atoms with E-state index >= 15 is 0 Å². The van der Waals surface area contributed by atoms with Crippen LogP contribution >= 0.6 is 0 Å². The molecule has 0 aliphatic rings. The van der Waals surface area contributed by atoms with E-state index in [0.717, 1.165) is 0 Å². The summed E-state index contributed by atoms with van der Waals surface area (Å²) < 4.78 is 55.1. The molecule has 110 valence electrons. The van der Waals surface area contributed by atoms with Gasteiger partial charge in [-0.05, 0) is 12.8 Å². The number of alkyl halides is 3. The van der Waals surface area contributed by atoms with Crippen LogP contribution in [0.4, 0.5) is 13.2 Å². The average molecular weight is 299 g/mol. The van der Waals surface area contributed by atoms with Crippen LogP contribution in [0.25, 0.3) is 0 Å². The number of rotatable bonds is 7. The van der Waals surface area contributed by atoms with Crippen molar-refractivity contribution in [1.82, 2.24) is 15.2 Å². The quantitative estimate of drug-likeness (QED) is 0.710. The summed E-state index contributed by atoms with van der Waals surface area (Å²) in [5.74, 6) is 0.0908. The largest absolute Gasteiger partial charge is 0.389 e. The SMILES string of the molecule is N=S(=O)(CCCC(F)(F)F)CC[C@H](N)c1ncn[nH]1. The summed E-state index contributed by atoms with van der Waals surface area (Å²) in [7, 11) is -3.03. The van der Waals surface area contributed by atoms with Gasteiger partial charge in [0.05, 0.1) is 6.04 Å². The molecule has 10 heteroatoms.